The third-order valence-corrected chi connectivity index (χ3v) is 5.60. The molecule has 126 valence electrons. The number of pyridine rings is 1. The lowest BCUT2D eigenvalue weighted by atomic mass is 9.80. The summed E-state index contributed by atoms with van der Waals surface area (Å²) >= 11 is 0. The smallest absolute Gasteiger partial charge is 0.205 e. The molecule has 5 rings (SSSR count). The van der Waals surface area contributed by atoms with E-state index in [1.807, 2.05) is 13.8 Å². The molecule has 2 atom stereocenters. The number of aromatic nitrogens is 3. The first-order valence-electron chi connectivity index (χ1n) is 8.15. The van der Waals surface area contributed by atoms with Crippen LogP contribution in [0.15, 0.2) is 24.4 Å². The van der Waals surface area contributed by atoms with E-state index in [1.165, 1.54) is 9.08 Å². The molecule has 0 aromatic carbocycles. The Morgan fingerprint density at radius 2 is 1.76 bits per heavy atom. The molecule has 2 bridgehead atoms. The zero-order chi connectivity index (χ0) is 17.6. The summed E-state index contributed by atoms with van der Waals surface area (Å²) in [7, 11) is 0. The molecule has 1 fully saturated rings. The Balaban J connectivity index is 1.85. The van der Waals surface area contributed by atoms with Crippen LogP contribution in [0.1, 0.15) is 43.5 Å². The molecule has 0 radical (unpaired) electrons. The fourth-order valence-corrected chi connectivity index (χ4v) is 4.48. The van der Waals surface area contributed by atoms with Crippen LogP contribution >= 0.6 is 0 Å². The summed E-state index contributed by atoms with van der Waals surface area (Å²) in [6.45, 7) is 3.89. The van der Waals surface area contributed by atoms with Gasteiger partial charge in [0.25, 0.3) is 0 Å². The van der Waals surface area contributed by atoms with Crippen LogP contribution in [0.5, 0.6) is 11.8 Å². The predicted molar refractivity (Wildman–Crippen MR) is 87.6 cm³/mol. The van der Waals surface area contributed by atoms with E-state index >= 15 is 0 Å². The first kappa shape index (κ1) is 14.4. The fraction of sp³-hybridized carbons (Fsp3) is 0.333. The third-order valence-electron chi connectivity index (χ3n) is 5.60. The number of nitriles is 1. The zero-order valence-electron chi connectivity index (χ0n) is 13.8. The predicted octanol–water partition coefficient (Wildman–Crippen LogP) is 2.66. The first-order chi connectivity index (χ1) is 11.9. The highest BCUT2D eigenvalue weighted by Crippen LogP contribution is 2.64. The van der Waals surface area contributed by atoms with Crippen molar-refractivity contribution < 1.29 is 14.9 Å². The van der Waals surface area contributed by atoms with Crippen molar-refractivity contribution in [1.29, 1.82) is 5.26 Å². The normalized spacial score (nSPS) is 26.9. The van der Waals surface area contributed by atoms with Crippen molar-refractivity contribution in [2.24, 2.45) is 0 Å². The second-order valence-electron chi connectivity index (χ2n) is 7.14. The van der Waals surface area contributed by atoms with E-state index in [-0.39, 0.29) is 11.8 Å². The highest BCUT2D eigenvalue weighted by atomic mass is 16.5. The minimum absolute atomic E-state index is 0.0220. The van der Waals surface area contributed by atoms with Crippen LogP contribution in [0.2, 0.25) is 0 Å². The van der Waals surface area contributed by atoms with E-state index in [2.05, 4.69) is 11.2 Å². The number of hydrogen-bond acceptors (Lipinski definition) is 5. The maximum absolute atomic E-state index is 10.9. The summed E-state index contributed by atoms with van der Waals surface area (Å²) in [5.41, 5.74) is 1.68. The Hall–Kier alpha value is -2.98. The van der Waals surface area contributed by atoms with Crippen LogP contribution in [0.25, 0.3) is 11.2 Å². The Morgan fingerprint density at radius 1 is 1.12 bits per heavy atom. The Morgan fingerprint density at radius 3 is 2.36 bits per heavy atom. The van der Waals surface area contributed by atoms with Gasteiger partial charge in [0, 0.05) is 0 Å². The van der Waals surface area contributed by atoms with Gasteiger partial charge in [0.2, 0.25) is 11.8 Å². The second-order valence-corrected chi connectivity index (χ2v) is 7.14. The van der Waals surface area contributed by atoms with Crippen LogP contribution in [-0.2, 0) is 15.9 Å². The second kappa shape index (κ2) is 4.16. The molecule has 3 aromatic heterocycles. The largest absolute Gasteiger partial charge is 0.494 e. The molecule has 0 amide bonds. The van der Waals surface area contributed by atoms with Crippen LogP contribution in [0.3, 0.4) is 0 Å². The molecule has 2 N–H and O–H groups in total. The van der Waals surface area contributed by atoms with Crippen molar-refractivity contribution in [1.82, 2.24) is 14.2 Å². The van der Waals surface area contributed by atoms with Crippen molar-refractivity contribution >= 4 is 5.52 Å². The molecule has 2 aliphatic rings. The van der Waals surface area contributed by atoms with Crippen LogP contribution in [0.4, 0.5) is 0 Å². The van der Waals surface area contributed by atoms with Gasteiger partial charge in [-0.3, -0.25) is 0 Å². The summed E-state index contributed by atoms with van der Waals surface area (Å²) in [5.74, 6) is -0.0440. The average molecular weight is 336 g/mol. The zero-order valence-corrected chi connectivity index (χ0v) is 13.8. The number of hydrogen-bond donors (Lipinski definition) is 2. The number of aromatic hydroxyl groups is 2. The summed E-state index contributed by atoms with van der Waals surface area (Å²) in [6.07, 6.45) is 3.17. The van der Waals surface area contributed by atoms with Gasteiger partial charge in [0.05, 0.1) is 39.7 Å². The van der Waals surface area contributed by atoms with Gasteiger partial charge in [-0.25, -0.2) is 9.08 Å². The molecule has 0 aliphatic carbocycles. The van der Waals surface area contributed by atoms with E-state index in [1.54, 1.807) is 24.4 Å². The van der Waals surface area contributed by atoms with Crippen molar-refractivity contribution in [2.75, 3.05) is 0 Å². The van der Waals surface area contributed by atoms with E-state index in [9.17, 15) is 15.5 Å². The molecule has 7 heteroatoms. The van der Waals surface area contributed by atoms with Crippen LogP contribution in [0, 0.1) is 11.3 Å². The quantitative estimate of drug-likeness (QED) is 0.712. The monoisotopic (exact) mass is 336 g/mol. The summed E-state index contributed by atoms with van der Waals surface area (Å²) in [4.78, 5) is 0. The van der Waals surface area contributed by atoms with Gasteiger partial charge in [-0.2, -0.15) is 10.4 Å². The molecule has 7 nitrogen and oxygen atoms in total. The summed E-state index contributed by atoms with van der Waals surface area (Å²) in [6, 6.07) is 7.15. The third kappa shape index (κ3) is 1.51. The highest BCUT2D eigenvalue weighted by molar-refractivity contribution is 5.70. The maximum Gasteiger partial charge on any atom is 0.205 e. The van der Waals surface area contributed by atoms with Gasteiger partial charge in [0.15, 0.2) is 0 Å². The molecule has 5 heterocycles. The lowest BCUT2D eigenvalue weighted by Crippen LogP contribution is -2.17. The van der Waals surface area contributed by atoms with E-state index in [0.717, 1.165) is 12.8 Å². The number of ether oxygens (including phenoxy) is 1. The van der Waals surface area contributed by atoms with Crippen molar-refractivity contribution in [3.8, 4) is 23.5 Å². The standard InChI is InChI=1S/C18H16N4O3/c1-17-6-7-18(2,25-17)14-13(17)15(23)21(16(14)24)11-4-3-10(9-19)22-12(11)5-8-20-22/h3-5,8,23-24H,6-7H2,1-2H3. The van der Waals surface area contributed by atoms with Gasteiger partial charge in [-0.1, -0.05) is 0 Å². The van der Waals surface area contributed by atoms with Gasteiger partial charge >= 0.3 is 0 Å². The van der Waals surface area contributed by atoms with Crippen LogP contribution < -0.4 is 0 Å². The molecule has 2 unspecified atom stereocenters. The topological polar surface area (TPSA) is 95.7 Å². The van der Waals surface area contributed by atoms with E-state index < -0.39 is 11.2 Å². The molecule has 0 saturated carbocycles. The van der Waals surface area contributed by atoms with Crippen molar-refractivity contribution in [3.05, 3.63) is 41.2 Å². The van der Waals surface area contributed by atoms with E-state index in [4.69, 9.17) is 4.74 Å². The van der Waals surface area contributed by atoms with Gasteiger partial charge < -0.3 is 14.9 Å². The number of fused-ring (bicyclic) bond motifs is 6. The Labute approximate surface area is 143 Å². The highest BCUT2D eigenvalue weighted by Gasteiger charge is 2.59. The number of nitrogens with zero attached hydrogens (tertiary/aromatic N) is 4. The van der Waals surface area contributed by atoms with Gasteiger partial charge in [-0.05, 0) is 44.9 Å². The van der Waals surface area contributed by atoms with E-state index in [0.29, 0.717) is 28.0 Å². The molecule has 3 aromatic rings. The summed E-state index contributed by atoms with van der Waals surface area (Å²) < 4.78 is 9.04. The fourth-order valence-electron chi connectivity index (χ4n) is 4.48. The maximum atomic E-state index is 10.9. The molecule has 1 saturated heterocycles. The first-order valence-corrected chi connectivity index (χ1v) is 8.15. The van der Waals surface area contributed by atoms with Crippen molar-refractivity contribution in [3.63, 3.8) is 0 Å². The lowest BCUT2D eigenvalue weighted by molar-refractivity contribution is -0.0683. The molecule has 0 spiro atoms. The summed E-state index contributed by atoms with van der Waals surface area (Å²) in [5, 5.41) is 35.3. The molecular weight excluding hydrogens is 320 g/mol. The minimum atomic E-state index is -0.597. The lowest BCUT2D eigenvalue weighted by Gasteiger charge is -2.21. The molecule has 25 heavy (non-hydrogen) atoms. The average Bonchev–Trinajstić information content (AvgIpc) is 3.28. The SMILES string of the molecule is CC12CCC(C)(O1)c1c2c(O)n(-c2ccc(C#N)n3nccc23)c1O. The molecular formula is C18H16N4O3. The van der Waals surface area contributed by atoms with Gasteiger partial charge in [-0.15, -0.1) is 0 Å². The van der Waals surface area contributed by atoms with Crippen molar-refractivity contribution in [2.45, 2.75) is 37.9 Å². The van der Waals surface area contributed by atoms with Crippen LogP contribution in [-0.4, -0.2) is 24.4 Å². The number of rotatable bonds is 1. The van der Waals surface area contributed by atoms with Gasteiger partial charge in [0.1, 0.15) is 11.8 Å². The Kier molecular flexibility index (Phi) is 2.39. The Bertz CT molecular complexity index is 1070. The molecule has 2 aliphatic heterocycles. The minimum Gasteiger partial charge on any atom is -0.494 e.